The molecule has 0 aliphatic carbocycles. The van der Waals surface area contributed by atoms with Gasteiger partial charge < -0.3 is 10.1 Å². The third-order valence-corrected chi connectivity index (χ3v) is 2.17. The van der Waals surface area contributed by atoms with Gasteiger partial charge in [-0.25, -0.2) is 0 Å². The molecule has 0 saturated heterocycles. The van der Waals surface area contributed by atoms with Gasteiger partial charge in [-0.05, 0) is 22.9 Å². The second kappa shape index (κ2) is 5.64. The molecular formula is C8H11BrN2O2. The molecule has 0 fully saturated rings. The van der Waals surface area contributed by atoms with Gasteiger partial charge in [0, 0.05) is 17.8 Å². The maximum absolute atomic E-state index is 10.5. The van der Waals surface area contributed by atoms with E-state index in [0.717, 1.165) is 0 Å². The van der Waals surface area contributed by atoms with Crippen LogP contribution in [0.3, 0.4) is 0 Å². The highest BCUT2D eigenvalue weighted by atomic mass is 79.9. The van der Waals surface area contributed by atoms with Gasteiger partial charge in [0.2, 0.25) is 0 Å². The lowest BCUT2D eigenvalue weighted by atomic mass is 10.3. The zero-order valence-electron chi connectivity index (χ0n) is 7.58. The number of hydrogen-bond donors (Lipinski definition) is 0. The number of alkyl halides is 1. The van der Waals surface area contributed by atoms with E-state index in [1.54, 1.807) is 13.8 Å². The van der Waals surface area contributed by atoms with E-state index in [1.165, 1.54) is 6.08 Å². The lowest BCUT2D eigenvalue weighted by Crippen LogP contribution is -2.02. The fourth-order valence-corrected chi connectivity index (χ4v) is 0.815. The van der Waals surface area contributed by atoms with Crippen LogP contribution in [-0.4, -0.2) is 16.0 Å². The maximum atomic E-state index is 10.5. The quantitative estimate of drug-likeness (QED) is 0.331. The first-order valence-corrected chi connectivity index (χ1v) is 4.73. The summed E-state index contributed by atoms with van der Waals surface area (Å²) in [4.78, 5) is 13.9. The SMILES string of the molecule is C=C/C(C)=N\C(=C(/C)CBr)[N+](=O)[O-]. The molecule has 0 spiro atoms. The van der Waals surface area contributed by atoms with Crippen molar-refractivity contribution in [3.63, 3.8) is 0 Å². The summed E-state index contributed by atoms with van der Waals surface area (Å²) in [7, 11) is 0. The van der Waals surface area contributed by atoms with Crippen molar-refractivity contribution in [3.8, 4) is 0 Å². The Morgan fingerprint density at radius 1 is 1.69 bits per heavy atom. The molecular weight excluding hydrogens is 236 g/mol. The number of rotatable bonds is 4. The molecule has 0 aromatic heterocycles. The van der Waals surface area contributed by atoms with Gasteiger partial charge in [-0.3, -0.25) is 0 Å². The molecule has 0 amide bonds. The van der Waals surface area contributed by atoms with E-state index in [2.05, 4.69) is 27.5 Å². The van der Waals surface area contributed by atoms with Crippen LogP contribution in [-0.2, 0) is 0 Å². The Balaban J connectivity index is 5.06. The van der Waals surface area contributed by atoms with Gasteiger partial charge in [0.05, 0.1) is 0 Å². The van der Waals surface area contributed by atoms with Gasteiger partial charge >= 0.3 is 5.82 Å². The predicted molar refractivity (Wildman–Crippen MR) is 56.8 cm³/mol. The minimum absolute atomic E-state index is 0.116. The summed E-state index contributed by atoms with van der Waals surface area (Å²) in [5, 5.41) is 11.0. The van der Waals surface area contributed by atoms with Crippen molar-refractivity contribution in [2.45, 2.75) is 13.8 Å². The average molecular weight is 247 g/mol. The normalized spacial score (nSPS) is 13.6. The molecule has 0 heterocycles. The number of halogens is 1. The molecule has 0 unspecified atom stereocenters. The van der Waals surface area contributed by atoms with Crippen molar-refractivity contribution in [1.29, 1.82) is 0 Å². The summed E-state index contributed by atoms with van der Waals surface area (Å²) in [5.74, 6) is -0.116. The molecule has 0 atom stereocenters. The molecule has 0 rings (SSSR count). The van der Waals surface area contributed by atoms with Crippen LogP contribution in [0.15, 0.2) is 29.0 Å². The smallest absolute Gasteiger partial charge is 0.358 e. The molecule has 0 bridgehead atoms. The molecule has 0 aliphatic rings. The fourth-order valence-electron chi connectivity index (χ4n) is 0.565. The molecule has 0 N–H and O–H groups in total. The first-order valence-electron chi connectivity index (χ1n) is 3.60. The van der Waals surface area contributed by atoms with Crippen molar-refractivity contribution in [3.05, 3.63) is 34.2 Å². The summed E-state index contributed by atoms with van der Waals surface area (Å²) >= 11 is 3.14. The highest BCUT2D eigenvalue weighted by Gasteiger charge is 2.12. The molecule has 0 radical (unpaired) electrons. The molecule has 13 heavy (non-hydrogen) atoms. The van der Waals surface area contributed by atoms with Gasteiger partial charge in [-0.2, -0.15) is 0 Å². The summed E-state index contributed by atoms with van der Waals surface area (Å²) in [5.41, 5.74) is 1.12. The number of aliphatic imine (C=N–C) groups is 1. The minimum atomic E-state index is -0.496. The van der Waals surface area contributed by atoms with Crippen LogP contribution in [0.1, 0.15) is 13.8 Å². The highest BCUT2D eigenvalue weighted by Crippen LogP contribution is 2.09. The van der Waals surface area contributed by atoms with Gasteiger partial charge in [-0.1, -0.05) is 22.5 Å². The maximum Gasteiger partial charge on any atom is 0.363 e. The minimum Gasteiger partial charge on any atom is -0.358 e. The molecule has 0 saturated carbocycles. The van der Waals surface area contributed by atoms with E-state index in [1.807, 2.05) is 0 Å². The Bertz CT molecular complexity index is 282. The third-order valence-electron chi connectivity index (χ3n) is 1.33. The second-order valence-electron chi connectivity index (χ2n) is 2.45. The monoisotopic (exact) mass is 246 g/mol. The van der Waals surface area contributed by atoms with Crippen LogP contribution >= 0.6 is 15.9 Å². The van der Waals surface area contributed by atoms with Crippen LogP contribution in [0.2, 0.25) is 0 Å². The Hall–Kier alpha value is -0.970. The van der Waals surface area contributed by atoms with Crippen molar-refractivity contribution in [1.82, 2.24) is 0 Å². The third kappa shape index (κ3) is 3.98. The van der Waals surface area contributed by atoms with Crippen molar-refractivity contribution >= 4 is 21.6 Å². The van der Waals surface area contributed by atoms with Gasteiger partial charge in [0.25, 0.3) is 0 Å². The fraction of sp³-hybridized carbons (Fsp3) is 0.375. The first kappa shape index (κ1) is 12.0. The number of nitrogens with zero attached hydrogens (tertiary/aromatic N) is 2. The van der Waals surface area contributed by atoms with Crippen LogP contribution in [0, 0.1) is 10.1 Å². The number of nitro groups is 1. The predicted octanol–water partition coefficient (Wildman–Crippen LogP) is 2.54. The molecule has 5 heteroatoms. The molecule has 4 nitrogen and oxygen atoms in total. The molecule has 0 aromatic rings. The lowest BCUT2D eigenvalue weighted by Gasteiger charge is -1.96. The topological polar surface area (TPSA) is 55.5 Å². The molecule has 0 aliphatic heterocycles. The summed E-state index contributed by atoms with van der Waals surface area (Å²) in [6.07, 6.45) is 1.48. The van der Waals surface area contributed by atoms with Crippen molar-refractivity contribution in [2.75, 3.05) is 5.33 Å². The van der Waals surface area contributed by atoms with Gasteiger partial charge in [0.15, 0.2) is 0 Å². The van der Waals surface area contributed by atoms with Crippen molar-refractivity contribution < 1.29 is 4.92 Å². The zero-order valence-corrected chi connectivity index (χ0v) is 9.17. The van der Waals surface area contributed by atoms with E-state index in [0.29, 0.717) is 16.6 Å². The lowest BCUT2D eigenvalue weighted by molar-refractivity contribution is -0.427. The Morgan fingerprint density at radius 3 is 2.54 bits per heavy atom. The molecule has 72 valence electrons. The van der Waals surface area contributed by atoms with Crippen LogP contribution in [0.5, 0.6) is 0 Å². The van der Waals surface area contributed by atoms with Gasteiger partial charge in [-0.15, -0.1) is 0 Å². The standard InChI is InChI=1S/C8H11BrN2O2/c1-4-7(3)10-8(11(12)13)6(2)5-9/h4H,1,5H2,2-3H3/b8-6-,10-7-. The Labute approximate surface area is 85.3 Å². The highest BCUT2D eigenvalue weighted by molar-refractivity contribution is 9.09. The second-order valence-corrected chi connectivity index (χ2v) is 3.01. The average Bonchev–Trinajstić information content (AvgIpc) is 2.11. The van der Waals surface area contributed by atoms with Crippen LogP contribution < -0.4 is 0 Å². The zero-order chi connectivity index (χ0) is 10.4. The van der Waals surface area contributed by atoms with E-state index in [9.17, 15) is 10.1 Å². The van der Waals surface area contributed by atoms with Crippen LogP contribution in [0.4, 0.5) is 0 Å². The van der Waals surface area contributed by atoms with E-state index >= 15 is 0 Å². The van der Waals surface area contributed by atoms with Gasteiger partial charge in [0.1, 0.15) is 5.71 Å². The summed E-state index contributed by atoms with van der Waals surface area (Å²) in [6.45, 7) is 6.79. The molecule has 0 aromatic carbocycles. The largest absolute Gasteiger partial charge is 0.363 e. The summed E-state index contributed by atoms with van der Waals surface area (Å²) in [6, 6.07) is 0. The summed E-state index contributed by atoms with van der Waals surface area (Å²) < 4.78 is 0. The Morgan fingerprint density at radius 2 is 2.23 bits per heavy atom. The van der Waals surface area contributed by atoms with E-state index < -0.39 is 4.92 Å². The van der Waals surface area contributed by atoms with Crippen molar-refractivity contribution in [2.24, 2.45) is 4.99 Å². The Kier molecular flexibility index (Phi) is 5.22. The van der Waals surface area contributed by atoms with E-state index in [-0.39, 0.29) is 5.82 Å². The van der Waals surface area contributed by atoms with E-state index in [4.69, 9.17) is 0 Å². The number of hydrogen-bond acceptors (Lipinski definition) is 3. The van der Waals surface area contributed by atoms with Crippen LogP contribution in [0.25, 0.3) is 0 Å². The number of allylic oxidation sites excluding steroid dienone is 2. The first-order chi connectivity index (χ1) is 6.02.